The zero-order valence-electron chi connectivity index (χ0n) is 13.0. The highest BCUT2D eigenvalue weighted by atomic mass is 32.1. The third-order valence-corrected chi connectivity index (χ3v) is 5.41. The Labute approximate surface area is 140 Å². The van der Waals surface area contributed by atoms with Crippen molar-refractivity contribution < 1.29 is 9.53 Å². The number of benzene rings is 1. The van der Waals surface area contributed by atoms with E-state index in [1.165, 1.54) is 22.5 Å². The number of thiophene rings is 1. The van der Waals surface area contributed by atoms with E-state index in [1.807, 2.05) is 22.4 Å². The zero-order chi connectivity index (χ0) is 15.6. The van der Waals surface area contributed by atoms with Gasteiger partial charge in [0.2, 0.25) is 0 Å². The van der Waals surface area contributed by atoms with Crippen LogP contribution in [0.25, 0.3) is 0 Å². The summed E-state index contributed by atoms with van der Waals surface area (Å²) in [5.41, 5.74) is 2.67. The third kappa shape index (κ3) is 3.12. The highest BCUT2D eigenvalue weighted by Gasteiger charge is 2.23. The molecule has 1 saturated heterocycles. The van der Waals surface area contributed by atoms with Gasteiger partial charge in [-0.15, -0.1) is 11.3 Å². The molecule has 1 fully saturated rings. The first kappa shape index (κ1) is 14.7. The van der Waals surface area contributed by atoms with Crippen LogP contribution in [0.2, 0.25) is 0 Å². The van der Waals surface area contributed by atoms with Crippen LogP contribution >= 0.6 is 11.3 Å². The Morgan fingerprint density at radius 2 is 2.04 bits per heavy atom. The van der Waals surface area contributed by atoms with Gasteiger partial charge in [0.1, 0.15) is 5.75 Å². The van der Waals surface area contributed by atoms with Crippen molar-refractivity contribution in [2.24, 2.45) is 0 Å². The molecule has 5 heteroatoms. The van der Waals surface area contributed by atoms with Gasteiger partial charge in [-0.25, -0.2) is 0 Å². The summed E-state index contributed by atoms with van der Waals surface area (Å²) in [6.45, 7) is 5.25. The van der Waals surface area contributed by atoms with Gasteiger partial charge < -0.3 is 9.64 Å². The van der Waals surface area contributed by atoms with E-state index >= 15 is 0 Å². The second-order valence-electron chi connectivity index (χ2n) is 6.09. The van der Waals surface area contributed by atoms with Crippen molar-refractivity contribution in [3.05, 3.63) is 51.7 Å². The smallest absolute Gasteiger partial charge is 0.264 e. The van der Waals surface area contributed by atoms with Crippen molar-refractivity contribution in [1.82, 2.24) is 9.80 Å². The molecule has 0 atom stereocenters. The lowest BCUT2D eigenvalue weighted by atomic mass is 10.1. The van der Waals surface area contributed by atoms with Crippen LogP contribution in [-0.4, -0.2) is 48.5 Å². The predicted octanol–water partition coefficient (Wildman–Crippen LogP) is 2.64. The minimum Gasteiger partial charge on any atom is -0.493 e. The molecule has 0 spiro atoms. The lowest BCUT2D eigenvalue weighted by Gasteiger charge is -2.34. The summed E-state index contributed by atoms with van der Waals surface area (Å²) in [6.07, 6.45) is 1.02. The minimum absolute atomic E-state index is 0.175. The predicted molar refractivity (Wildman–Crippen MR) is 91.1 cm³/mol. The summed E-state index contributed by atoms with van der Waals surface area (Å²) in [5, 5.41) is 1.96. The normalized spacial score (nSPS) is 17.8. The first-order valence-corrected chi connectivity index (χ1v) is 8.97. The Kier molecular flexibility index (Phi) is 4.06. The van der Waals surface area contributed by atoms with Crippen LogP contribution in [-0.2, 0) is 13.0 Å². The average molecular weight is 328 g/mol. The summed E-state index contributed by atoms with van der Waals surface area (Å²) in [7, 11) is 0. The van der Waals surface area contributed by atoms with Crippen molar-refractivity contribution in [2.45, 2.75) is 13.0 Å². The molecule has 0 radical (unpaired) electrons. The largest absolute Gasteiger partial charge is 0.493 e. The number of carbonyl (C=O) groups is 1. The van der Waals surface area contributed by atoms with Crippen LogP contribution in [0.1, 0.15) is 20.8 Å². The van der Waals surface area contributed by atoms with Gasteiger partial charge in [0.25, 0.3) is 5.91 Å². The van der Waals surface area contributed by atoms with Crippen LogP contribution in [0.4, 0.5) is 0 Å². The van der Waals surface area contributed by atoms with Gasteiger partial charge in [-0.05, 0) is 28.6 Å². The Morgan fingerprint density at radius 3 is 2.83 bits per heavy atom. The molecule has 120 valence electrons. The maximum atomic E-state index is 12.4. The van der Waals surface area contributed by atoms with E-state index in [-0.39, 0.29) is 5.91 Å². The molecular weight excluding hydrogens is 308 g/mol. The first-order chi connectivity index (χ1) is 11.3. The fourth-order valence-corrected chi connectivity index (χ4v) is 3.95. The van der Waals surface area contributed by atoms with Crippen LogP contribution in [0.3, 0.4) is 0 Å². The molecule has 0 aliphatic carbocycles. The summed E-state index contributed by atoms with van der Waals surface area (Å²) in [5.74, 6) is 1.22. The lowest BCUT2D eigenvalue weighted by molar-refractivity contribution is 0.0633. The number of ether oxygens (including phenoxy) is 1. The Bertz CT molecular complexity index is 691. The quantitative estimate of drug-likeness (QED) is 0.868. The van der Waals surface area contributed by atoms with E-state index in [4.69, 9.17) is 4.74 Å². The fourth-order valence-electron chi connectivity index (χ4n) is 3.26. The topological polar surface area (TPSA) is 32.8 Å². The highest BCUT2D eigenvalue weighted by molar-refractivity contribution is 7.12. The summed E-state index contributed by atoms with van der Waals surface area (Å²) in [6, 6.07) is 10.4. The molecule has 0 N–H and O–H groups in total. The molecular formula is C18H20N2O2S. The van der Waals surface area contributed by atoms with Crippen molar-refractivity contribution in [1.29, 1.82) is 0 Å². The molecule has 4 rings (SSSR count). The van der Waals surface area contributed by atoms with Crippen LogP contribution in [0, 0.1) is 0 Å². The van der Waals surface area contributed by atoms with E-state index in [1.54, 1.807) is 0 Å². The number of hydrogen-bond acceptors (Lipinski definition) is 4. The first-order valence-electron chi connectivity index (χ1n) is 8.09. The molecule has 4 nitrogen and oxygen atoms in total. The molecule has 1 aromatic carbocycles. The Hall–Kier alpha value is -1.85. The van der Waals surface area contributed by atoms with Gasteiger partial charge >= 0.3 is 0 Å². The maximum Gasteiger partial charge on any atom is 0.264 e. The lowest BCUT2D eigenvalue weighted by Crippen LogP contribution is -2.48. The van der Waals surface area contributed by atoms with Crippen molar-refractivity contribution >= 4 is 17.2 Å². The van der Waals surface area contributed by atoms with E-state index in [0.29, 0.717) is 0 Å². The standard InChI is InChI=1S/C18H20N2O2S/c21-18(17-2-1-11-23-17)20-8-6-19(7-9-20)13-14-3-4-16-15(12-14)5-10-22-16/h1-4,11-12H,5-10,13H2. The molecule has 0 unspecified atom stereocenters. The van der Waals surface area contributed by atoms with Gasteiger partial charge in [-0.1, -0.05) is 18.2 Å². The molecule has 2 aliphatic heterocycles. The molecule has 3 heterocycles. The summed E-state index contributed by atoms with van der Waals surface area (Å²) >= 11 is 1.52. The molecule has 0 bridgehead atoms. The number of piperazine rings is 1. The molecule has 2 aliphatic rings. The summed E-state index contributed by atoms with van der Waals surface area (Å²) < 4.78 is 5.56. The second-order valence-corrected chi connectivity index (χ2v) is 7.03. The van der Waals surface area contributed by atoms with Gasteiger partial charge in [-0.3, -0.25) is 9.69 Å². The SMILES string of the molecule is O=C(c1cccs1)N1CCN(Cc2ccc3c(c2)CCO3)CC1. The molecule has 1 aromatic heterocycles. The van der Waals surface area contributed by atoms with Gasteiger partial charge in [0, 0.05) is 39.1 Å². The van der Waals surface area contributed by atoms with Crippen LogP contribution < -0.4 is 4.74 Å². The highest BCUT2D eigenvalue weighted by Crippen LogP contribution is 2.26. The van der Waals surface area contributed by atoms with Crippen molar-refractivity contribution in [3.63, 3.8) is 0 Å². The number of nitrogens with zero attached hydrogens (tertiary/aromatic N) is 2. The Balaban J connectivity index is 1.34. The van der Waals surface area contributed by atoms with E-state index in [0.717, 1.165) is 56.4 Å². The average Bonchev–Trinajstić information content (AvgIpc) is 3.26. The van der Waals surface area contributed by atoms with E-state index in [2.05, 4.69) is 23.1 Å². The van der Waals surface area contributed by atoms with Gasteiger partial charge in [-0.2, -0.15) is 0 Å². The summed E-state index contributed by atoms with van der Waals surface area (Å²) in [4.78, 5) is 17.6. The van der Waals surface area contributed by atoms with Crippen molar-refractivity contribution in [2.75, 3.05) is 32.8 Å². The molecule has 23 heavy (non-hydrogen) atoms. The van der Waals surface area contributed by atoms with Crippen LogP contribution in [0.5, 0.6) is 5.75 Å². The number of rotatable bonds is 3. The van der Waals surface area contributed by atoms with Crippen molar-refractivity contribution in [3.8, 4) is 5.75 Å². The fraction of sp³-hybridized carbons (Fsp3) is 0.389. The maximum absolute atomic E-state index is 12.4. The minimum atomic E-state index is 0.175. The van der Waals surface area contributed by atoms with Gasteiger partial charge in [0.15, 0.2) is 0 Å². The van der Waals surface area contributed by atoms with Gasteiger partial charge in [0.05, 0.1) is 11.5 Å². The molecule has 1 amide bonds. The number of fused-ring (bicyclic) bond motifs is 1. The zero-order valence-corrected chi connectivity index (χ0v) is 13.8. The molecule has 2 aromatic rings. The van der Waals surface area contributed by atoms with E-state index < -0.39 is 0 Å². The Morgan fingerprint density at radius 1 is 1.17 bits per heavy atom. The number of amides is 1. The van der Waals surface area contributed by atoms with Crippen LogP contribution in [0.15, 0.2) is 35.7 Å². The number of carbonyl (C=O) groups excluding carboxylic acids is 1. The molecule has 0 saturated carbocycles. The number of hydrogen-bond donors (Lipinski definition) is 0. The monoisotopic (exact) mass is 328 g/mol. The third-order valence-electron chi connectivity index (χ3n) is 4.55. The van der Waals surface area contributed by atoms with E-state index in [9.17, 15) is 4.79 Å². The second kappa shape index (κ2) is 6.34.